The van der Waals surface area contributed by atoms with Gasteiger partial charge in [-0.2, -0.15) is 0 Å². The van der Waals surface area contributed by atoms with Crippen LogP contribution in [0.15, 0.2) is 35.6 Å². The summed E-state index contributed by atoms with van der Waals surface area (Å²) >= 11 is 1.74. The quantitative estimate of drug-likeness (QED) is 0.320. The lowest BCUT2D eigenvalue weighted by Gasteiger charge is -2.10. The first-order valence-electron chi connectivity index (χ1n) is 8.53. The zero-order valence-corrected chi connectivity index (χ0v) is 18.5. The Kier molecular flexibility index (Phi) is 7.83. The van der Waals surface area contributed by atoms with Gasteiger partial charge in [-0.25, -0.2) is 15.0 Å². The number of thiazole rings is 1. The maximum Gasteiger partial charge on any atom is 0.191 e. The van der Waals surface area contributed by atoms with E-state index >= 15 is 0 Å². The number of nitrogens with one attached hydrogen (secondary N) is 2. The Bertz CT molecular complexity index is 870. The molecule has 3 rings (SSSR count). The molecule has 6 nitrogen and oxygen atoms in total. The first-order chi connectivity index (χ1) is 12.2. The second kappa shape index (κ2) is 9.86. The van der Waals surface area contributed by atoms with Gasteiger partial charge >= 0.3 is 0 Å². The van der Waals surface area contributed by atoms with Crippen molar-refractivity contribution in [1.29, 1.82) is 0 Å². The molecule has 0 amide bonds. The molecule has 0 aliphatic heterocycles. The first kappa shape index (κ1) is 20.6. The Morgan fingerprint density at radius 1 is 1.27 bits per heavy atom. The number of hydrogen-bond donors (Lipinski definition) is 2. The lowest BCUT2D eigenvalue weighted by atomic mass is 10.4. The summed E-state index contributed by atoms with van der Waals surface area (Å²) < 4.78 is 2.09. The summed E-state index contributed by atoms with van der Waals surface area (Å²) in [6, 6.07) is 6.12. The smallest absolute Gasteiger partial charge is 0.191 e. The van der Waals surface area contributed by atoms with Crippen molar-refractivity contribution in [2.45, 2.75) is 33.7 Å². The Labute approximate surface area is 175 Å². The van der Waals surface area contributed by atoms with Gasteiger partial charge in [0.25, 0.3) is 0 Å². The molecular formula is C18H25IN6S. The molecule has 0 aliphatic carbocycles. The molecule has 0 saturated carbocycles. The molecule has 0 fully saturated rings. The van der Waals surface area contributed by atoms with Crippen molar-refractivity contribution in [3.05, 3.63) is 51.9 Å². The van der Waals surface area contributed by atoms with E-state index in [1.54, 1.807) is 11.3 Å². The van der Waals surface area contributed by atoms with E-state index < -0.39 is 0 Å². The van der Waals surface area contributed by atoms with Crippen LogP contribution in [0.1, 0.15) is 28.2 Å². The van der Waals surface area contributed by atoms with Crippen molar-refractivity contribution < 1.29 is 0 Å². The number of rotatable bonds is 6. The number of hydrogen-bond acceptors (Lipinski definition) is 4. The second-order valence-electron chi connectivity index (χ2n) is 5.86. The van der Waals surface area contributed by atoms with E-state index in [0.29, 0.717) is 6.54 Å². The van der Waals surface area contributed by atoms with Crippen LogP contribution in [0.25, 0.3) is 5.65 Å². The number of pyridine rings is 1. The van der Waals surface area contributed by atoms with Gasteiger partial charge in [0.05, 0.1) is 17.2 Å². The molecule has 3 heterocycles. The molecule has 3 aromatic heterocycles. The van der Waals surface area contributed by atoms with Crippen molar-refractivity contribution in [3.8, 4) is 0 Å². The highest BCUT2D eigenvalue weighted by Gasteiger charge is 2.04. The number of aryl methyl sites for hydroxylation is 2. The maximum absolute atomic E-state index is 4.65. The zero-order valence-electron chi connectivity index (χ0n) is 15.3. The van der Waals surface area contributed by atoms with Crippen LogP contribution in [0.4, 0.5) is 0 Å². The normalized spacial score (nSPS) is 11.4. The average Bonchev–Trinajstić information content (AvgIpc) is 3.19. The van der Waals surface area contributed by atoms with Crippen molar-refractivity contribution in [2.24, 2.45) is 4.99 Å². The van der Waals surface area contributed by atoms with Gasteiger partial charge < -0.3 is 15.0 Å². The number of guanidine groups is 1. The summed E-state index contributed by atoms with van der Waals surface area (Å²) in [7, 11) is 0. The third-order valence-electron chi connectivity index (χ3n) is 3.79. The van der Waals surface area contributed by atoms with Gasteiger partial charge in [0, 0.05) is 42.5 Å². The Hall–Kier alpha value is -1.68. The highest BCUT2D eigenvalue weighted by molar-refractivity contribution is 14.0. The maximum atomic E-state index is 4.65. The molecule has 26 heavy (non-hydrogen) atoms. The number of halogens is 1. The van der Waals surface area contributed by atoms with E-state index in [1.807, 2.05) is 18.3 Å². The molecule has 3 aromatic rings. The fourth-order valence-corrected chi connectivity index (χ4v) is 3.37. The van der Waals surface area contributed by atoms with Gasteiger partial charge in [0.1, 0.15) is 5.65 Å². The van der Waals surface area contributed by atoms with Crippen molar-refractivity contribution in [3.63, 3.8) is 0 Å². The lowest BCUT2D eigenvalue weighted by molar-refractivity contribution is 0.794. The van der Waals surface area contributed by atoms with Gasteiger partial charge in [0.15, 0.2) is 5.96 Å². The van der Waals surface area contributed by atoms with E-state index in [1.165, 1.54) is 10.6 Å². The molecular weight excluding hydrogens is 459 g/mol. The van der Waals surface area contributed by atoms with E-state index in [2.05, 4.69) is 63.0 Å². The first-order valence-corrected chi connectivity index (χ1v) is 9.34. The van der Waals surface area contributed by atoms with E-state index in [9.17, 15) is 0 Å². The molecule has 8 heteroatoms. The molecule has 0 saturated heterocycles. The van der Waals surface area contributed by atoms with E-state index in [0.717, 1.165) is 41.8 Å². The molecule has 0 spiro atoms. The summed E-state index contributed by atoms with van der Waals surface area (Å²) in [6.45, 7) is 8.41. The summed E-state index contributed by atoms with van der Waals surface area (Å²) in [6.07, 6.45) is 4.87. The summed E-state index contributed by atoms with van der Waals surface area (Å²) in [5, 5.41) is 7.79. The minimum Gasteiger partial charge on any atom is -0.357 e. The van der Waals surface area contributed by atoms with Crippen LogP contribution in [-0.4, -0.2) is 33.4 Å². The van der Waals surface area contributed by atoms with Crippen molar-refractivity contribution >= 4 is 46.9 Å². The number of aromatic nitrogens is 3. The summed E-state index contributed by atoms with van der Waals surface area (Å²) in [4.78, 5) is 14.9. The van der Waals surface area contributed by atoms with Crippen LogP contribution in [-0.2, 0) is 13.0 Å². The predicted molar refractivity (Wildman–Crippen MR) is 119 cm³/mol. The van der Waals surface area contributed by atoms with Crippen LogP contribution in [0.5, 0.6) is 0 Å². The van der Waals surface area contributed by atoms with E-state index in [4.69, 9.17) is 0 Å². The van der Waals surface area contributed by atoms with Gasteiger partial charge in [-0.15, -0.1) is 35.3 Å². The molecule has 140 valence electrons. The molecule has 0 radical (unpaired) electrons. The highest BCUT2D eigenvalue weighted by Crippen LogP contribution is 2.11. The minimum absolute atomic E-state index is 0. The molecule has 0 bridgehead atoms. The Morgan fingerprint density at radius 3 is 2.81 bits per heavy atom. The molecule has 0 atom stereocenters. The molecule has 0 aromatic carbocycles. The van der Waals surface area contributed by atoms with Gasteiger partial charge in [-0.1, -0.05) is 6.07 Å². The minimum atomic E-state index is 0. The summed E-state index contributed by atoms with van der Waals surface area (Å²) in [5.74, 6) is 0.810. The largest absolute Gasteiger partial charge is 0.357 e. The molecule has 0 unspecified atom stereocenters. The number of fused-ring (bicyclic) bond motifs is 1. The van der Waals surface area contributed by atoms with Crippen LogP contribution < -0.4 is 10.6 Å². The summed E-state index contributed by atoms with van der Waals surface area (Å²) in [5.41, 5.74) is 3.09. The van der Waals surface area contributed by atoms with Crippen molar-refractivity contribution in [1.82, 2.24) is 25.0 Å². The standard InChI is InChI=1S/C18H24N6S.HI/c1-4-19-18(20-9-8-17-21-10-14(3)25-17)22-11-15-12-24-13(2)6-5-7-16(24)23-15;/h5-7,10,12H,4,8-9,11H2,1-3H3,(H2,19,20,22);1H. The third-order valence-corrected chi connectivity index (χ3v) is 4.76. The average molecular weight is 484 g/mol. The number of aliphatic imine (C=N–C) groups is 1. The van der Waals surface area contributed by atoms with Crippen LogP contribution >= 0.6 is 35.3 Å². The fourth-order valence-electron chi connectivity index (χ4n) is 2.58. The topological polar surface area (TPSA) is 66.6 Å². The van der Waals surface area contributed by atoms with Gasteiger partial charge in [0.2, 0.25) is 0 Å². The van der Waals surface area contributed by atoms with Crippen LogP contribution in [0, 0.1) is 13.8 Å². The molecule has 2 N–H and O–H groups in total. The van der Waals surface area contributed by atoms with Crippen LogP contribution in [0.3, 0.4) is 0 Å². The monoisotopic (exact) mass is 484 g/mol. The fraction of sp³-hybridized carbons (Fsp3) is 0.389. The van der Waals surface area contributed by atoms with Gasteiger partial charge in [-0.3, -0.25) is 0 Å². The molecule has 0 aliphatic rings. The van der Waals surface area contributed by atoms with Gasteiger partial charge in [-0.05, 0) is 32.9 Å². The predicted octanol–water partition coefficient (Wildman–Crippen LogP) is 3.32. The Morgan fingerprint density at radius 2 is 2.12 bits per heavy atom. The lowest BCUT2D eigenvalue weighted by Crippen LogP contribution is -2.38. The van der Waals surface area contributed by atoms with Crippen LogP contribution in [0.2, 0.25) is 0 Å². The zero-order chi connectivity index (χ0) is 17.6. The third kappa shape index (κ3) is 5.41. The highest BCUT2D eigenvalue weighted by atomic mass is 127. The van der Waals surface area contributed by atoms with Crippen molar-refractivity contribution in [2.75, 3.05) is 13.1 Å². The second-order valence-corrected chi connectivity index (χ2v) is 7.18. The number of imidazole rings is 1. The Balaban J connectivity index is 0.00000243. The van der Waals surface area contributed by atoms with E-state index in [-0.39, 0.29) is 24.0 Å². The SMILES string of the molecule is CCNC(=NCc1cn2c(C)cccc2n1)NCCc1ncc(C)s1.I. The number of nitrogens with zero attached hydrogens (tertiary/aromatic N) is 4.